The van der Waals surface area contributed by atoms with Gasteiger partial charge < -0.3 is 10.4 Å². The lowest BCUT2D eigenvalue weighted by molar-refractivity contribution is -0.137. The van der Waals surface area contributed by atoms with E-state index in [4.69, 9.17) is 5.11 Å². The zero-order valence-corrected chi connectivity index (χ0v) is 8.71. The fourth-order valence-corrected chi connectivity index (χ4v) is 2.12. The van der Waals surface area contributed by atoms with Gasteiger partial charge in [0.25, 0.3) is 0 Å². The van der Waals surface area contributed by atoms with Crippen LogP contribution >= 0.6 is 0 Å². The number of aliphatic carboxylic acids is 1. The zero-order valence-electron chi connectivity index (χ0n) is 8.71. The van der Waals surface area contributed by atoms with Gasteiger partial charge in [0.15, 0.2) is 0 Å². The van der Waals surface area contributed by atoms with E-state index in [0.717, 1.165) is 24.4 Å². The lowest BCUT2D eigenvalue weighted by Gasteiger charge is -2.23. The van der Waals surface area contributed by atoms with Crippen LogP contribution in [-0.2, 0) is 11.2 Å². The molecule has 82 valence electrons. The van der Waals surface area contributed by atoms with Crippen molar-refractivity contribution in [3.05, 3.63) is 17.0 Å². The maximum atomic E-state index is 10.5. The molecule has 0 spiro atoms. The first-order chi connectivity index (χ1) is 7.18. The molecule has 2 heterocycles. The number of rotatable bonds is 3. The molecule has 1 aromatic heterocycles. The Morgan fingerprint density at radius 1 is 1.67 bits per heavy atom. The summed E-state index contributed by atoms with van der Waals surface area (Å²) in [6.45, 7) is 2.86. The van der Waals surface area contributed by atoms with E-state index in [1.54, 1.807) is 0 Å². The number of hydrogen-bond acceptors (Lipinski definition) is 3. The topological polar surface area (TPSA) is 78.0 Å². The molecule has 0 bridgehead atoms. The van der Waals surface area contributed by atoms with Crippen molar-refractivity contribution in [3.63, 3.8) is 0 Å². The molecule has 0 aromatic carbocycles. The van der Waals surface area contributed by atoms with Crippen LogP contribution in [0, 0.1) is 6.92 Å². The zero-order chi connectivity index (χ0) is 10.8. The molecule has 0 saturated heterocycles. The molecule has 1 atom stereocenters. The lowest BCUT2D eigenvalue weighted by Crippen LogP contribution is -2.30. The maximum absolute atomic E-state index is 10.5. The minimum atomic E-state index is -0.745. The van der Waals surface area contributed by atoms with Crippen molar-refractivity contribution in [3.8, 4) is 0 Å². The molecule has 0 radical (unpaired) electrons. The van der Waals surface area contributed by atoms with Crippen molar-refractivity contribution in [1.82, 2.24) is 15.5 Å². The fourth-order valence-electron chi connectivity index (χ4n) is 2.12. The van der Waals surface area contributed by atoms with E-state index in [1.165, 1.54) is 5.56 Å². The summed E-state index contributed by atoms with van der Waals surface area (Å²) < 4.78 is 0. The maximum Gasteiger partial charge on any atom is 0.303 e. The molecule has 2 rings (SSSR count). The first-order valence-electron chi connectivity index (χ1n) is 5.17. The average molecular weight is 209 g/mol. The van der Waals surface area contributed by atoms with E-state index >= 15 is 0 Å². The Hall–Kier alpha value is -1.36. The highest BCUT2D eigenvalue weighted by Gasteiger charge is 2.24. The van der Waals surface area contributed by atoms with Crippen LogP contribution in [0.25, 0.3) is 0 Å². The normalized spacial score (nSPS) is 19.9. The largest absolute Gasteiger partial charge is 0.481 e. The molecule has 1 aliphatic rings. The predicted molar refractivity (Wildman–Crippen MR) is 54.6 cm³/mol. The number of aromatic nitrogens is 2. The van der Waals surface area contributed by atoms with Gasteiger partial charge in [-0.3, -0.25) is 9.89 Å². The molecule has 5 nitrogen and oxygen atoms in total. The summed E-state index contributed by atoms with van der Waals surface area (Å²) >= 11 is 0. The second-order valence-electron chi connectivity index (χ2n) is 3.90. The van der Waals surface area contributed by atoms with Gasteiger partial charge in [0.1, 0.15) is 0 Å². The fraction of sp³-hybridized carbons (Fsp3) is 0.600. The number of aryl methyl sites for hydroxylation is 1. The molecular formula is C10H15N3O2. The smallest absolute Gasteiger partial charge is 0.303 e. The standard InChI is InChI=1S/C10H15N3O2/c1-6-10-7(2-3-9(14)15)11-5-4-8(10)13-12-6/h7,11H,2-5H2,1H3,(H,12,13)(H,14,15). The van der Waals surface area contributed by atoms with Crippen molar-refractivity contribution >= 4 is 5.97 Å². The van der Waals surface area contributed by atoms with Gasteiger partial charge in [-0.05, 0) is 13.3 Å². The number of carboxylic acid groups (broad SMARTS) is 1. The summed E-state index contributed by atoms with van der Waals surface area (Å²) in [6.07, 6.45) is 1.74. The van der Waals surface area contributed by atoms with E-state index in [9.17, 15) is 4.79 Å². The number of nitrogens with one attached hydrogen (secondary N) is 2. The number of aromatic amines is 1. The van der Waals surface area contributed by atoms with Gasteiger partial charge in [0, 0.05) is 36.7 Å². The first-order valence-corrected chi connectivity index (χ1v) is 5.17. The number of carboxylic acids is 1. The van der Waals surface area contributed by atoms with E-state index in [0.29, 0.717) is 6.42 Å². The van der Waals surface area contributed by atoms with Gasteiger partial charge in [0.2, 0.25) is 0 Å². The van der Waals surface area contributed by atoms with Crippen molar-refractivity contribution in [2.75, 3.05) is 6.54 Å². The third-order valence-corrected chi connectivity index (χ3v) is 2.82. The first kappa shape index (κ1) is 10.2. The highest BCUT2D eigenvalue weighted by atomic mass is 16.4. The van der Waals surface area contributed by atoms with Crippen LogP contribution in [0.15, 0.2) is 0 Å². The summed E-state index contributed by atoms with van der Waals surface area (Å²) in [5.41, 5.74) is 3.30. The summed E-state index contributed by atoms with van der Waals surface area (Å²) in [7, 11) is 0. The lowest BCUT2D eigenvalue weighted by atomic mass is 9.95. The molecule has 1 unspecified atom stereocenters. The third kappa shape index (κ3) is 2.02. The highest BCUT2D eigenvalue weighted by molar-refractivity contribution is 5.66. The van der Waals surface area contributed by atoms with Gasteiger partial charge in [0.05, 0.1) is 5.69 Å². The number of carbonyl (C=O) groups is 1. The Bertz CT molecular complexity index is 373. The number of hydrogen-bond donors (Lipinski definition) is 3. The Morgan fingerprint density at radius 3 is 3.20 bits per heavy atom. The molecule has 0 saturated carbocycles. The van der Waals surface area contributed by atoms with Crippen molar-refractivity contribution < 1.29 is 9.90 Å². The molecule has 0 aliphatic carbocycles. The molecular weight excluding hydrogens is 194 g/mol. The Labute approximate surface area is 87.9 Å². The Morgan fingerprint density at radius 2 is 2.47 bits per heavy atom. The van der Waals surface area contributed by atoms with E-state index in [-0.39, 0.29) is 12.5 Å². The number of fused-ring (bicyclic) bond motifs is 1. The minimum absolute atomic E-state index is 0.142. The summed E-state index contributed by atoms with van der Waals surface area (Å²) in [6, 6.07) is 0.142. The van der Waals surface area contributed by atoms with Crippen molar-refractivity contribution in [1.29, 1.82) is 0 Å². The highest BCUT2D eigenvalue weighted by Crippen LogP contribution is 2.27. The number of nitrogens with zero attached hydrogens (tertiary/aromatic N) is 1. The molecule has 3 N–H and O–H groups in total. The van der Waals surface area contributed by atoms with Gasteiger partial charge in [-0.1, -0.05) is 0 Å². The van der Waals surface area contributed by atoms with Crippen LogP contribution in [0.1, 0.15) is 35.8 Å². The van der Waals surface area contributed by atoms with Crippen molar-refractivity contribution in [2.45, 2.75) is 32.2 Å². The second kappa shape index (κ2) is 4.02. The molecule has 1 aliphatic heterocycles. The van der Waals surface area contributed by atoms with Gasteiger partial charge >= 0.3 is 5.97 Å². The summed E-state index contributed by atoms with van der Waals surface area (Å²) in [5.74, 6) is -0.745. The average Bonchev–Trinajstić information content (AvgIpc) is 2.58. The van der Waals surface area contributed by atoms with Crippen molar-refractivity contribution in [2.24, 2.45) is 0 Å². The predicted octanol–water partition coefficient (Wildman–Crippen LogP) is 0.770. The van der Waals surface area contributed by atoms with E-state index in [1.807, 2.05) is 6.92 Å². The number of H-pyrrole nitrogens is 1. The SMILES string of the molecule is Cc1[nH]nc2c1C(CCC(=O)O)NCC2. The Balaban J connectivity index is 2.14. The van der Waals surface area contributed by atoms with E-state index < -0.39 is 5.97 Å². The molecule has 0 amide bonds. The summed E-state index contributed by atoms with van der Waals surface area (Å²) in [4.78, 5) is 10.5. The molecule has 0 fully saturated rings. The molecule has 15 heavy (non-hydrogen) atoms. The van der Waals surface area contributed by atoms with Crippen LogP contribution in [0.4, 0.5) is 0 Å². The van der Waals surface area contributed by atoms with Crippen LogP contribution in [-0.4, -0.2) is 27.8 Å². The van der Waals surface area contributed by atoms with Gasteiger partial charge in [-0.2, -0.15) is 5.10 Å². The second-order valence-corrected chi connectivity index (χ2v) is 3.90. The van der Waals surface area contributed by atoms with Crippen LogP contribution in [0.3, 0.4) is 0 Å². The van der Waals surface area contributed by atoms with Gasteiger partial charge in [-0.15, -0.1) is 0 Å². The molecule has 5 heteroatoms. The Kier molecular flexibility index (Phi) is 2.73. The summed E-state index contributed by atoms with van der Waals surface area (Å²) in [5, 5.41) is 19.2. The third-order valence-electron chi connectivity index (χ3n) is 2.82. The monoisotopic (exact) mass is 209 g/mol. The van der Waals surface area contributed by atoms with E-state index in [2.05, 4.69) is 15.5 Å². The van der Waals surface area contributed by atoms with Crippen LogP contribution in [0.5, 0.6) is 0 Å². The van der Waals surface area contributed by atoms with Gasteiger partial charge in [-0.25, -0.2) is 0 Å². The minimum Gasteiger partial charge on any atom is -0.481 e. The van der Waals surface area contributed by atoms with Crippen LogP contribution in [0.2, 0.25) is 0 Å². The quantitative estimate of drug-likeness (QED) is 0.687. The molecule has 1 aromatic rings. The van der Waals surface area contributed by atoms with Crippen LogP contribution < -0.4 is 5.32 Å².